The third kappa shape index (κ3) is 3.97. The molecule has 0 bridgehead atoms. The topological polar surface area (TPSA) is 66.8 Å². The Balaban J connectivity index is 2.12. The lowest BCUT2D eigenvalue weighted by molar-refractivity contribution is -0.156. The molecule has 1 heterocycles. The quantitative estimate of drug-likeness (QED) is 0.864. The van der Waals surface area contributed by atoms with Crippen LogP contribution in [0.4, 0.5) is 0 Å². The number of rotatable bonds is 3. The van der Waals surface area contributed by atoms with E-state index in [-0.39, 0.29) is 13.2 Å². The van der Waals surface area contributed by atoms with Gasteiger partial charge in [-0.25, -0.2) is 4.79 Å². The molecule has 1 amide bonds. The van der Waals surface area contributed by atoms with Gasteiger partial charge in [0.05, 0.1) is 13.2 Å². The first kappa shape index (κ1) is 15.8. The van der Waals surface area contributed by atoms with Crippen LogP contribution < -0.4 is 0 Å². The number of hydrogen-bond acceptors (Lipinski definition) is 3. The zero-order chi connectivity index (χ0) is 15.4. The molecule has 0 aromatic heterocycles. The number of nitrogens with zero attached hydrogens (tertiary/aromatic N) is 1. The van der Waals surface area contributed by atoms with Gasteiger partial charge in [0, 0.05) is 22.7 Å². The first-order valence-electron chi connectivity index (χ1n) is 6.23. The van der Waals surface area contributed by atoms with Crippen LogP contribution in [0.5, 0.6) is 0 Å². The maximum absolute atomic E-state index is 12.1. The van der Waals surface area contributed by atoms with E-state index in [2.05, 4.69) is 0 Å². The van der Waals surface area contributed by atoms with Crippen LogP contribution >= 0.6 is 23.2 Å². The summed E-state index contributed by atoms with van der Waals surface area (Å²) in [6.45, 7) is 0.566. The number of aliphatic carboxylic acids is 1. The van der Waals surface area contributed by atoms with E-state index >= 15 is 0 Å². The van der Waals surface area contributed by atoms with Crippen molar-refractivity contribution in [1.29, 1.82) is 0 Å². The second-order valence-corrected chi connectivity index (χ2v) is 5.30. The molecule has 0 spiro atoms. The lowest BCUT2D eigenvalue weighted by Gasteiger charge is -2.32. The summed E-state index contributed by atoms with van der Waals surface area (Å²) in [5.41, 5.74) is 0.634. The average molecular weight is 330 g/mol. The van der Waals surface area contributed by atoms with Gasteiger partial charge in [-0.3, -0.25) is 4.79 Å². The van der Waals surface area contributed by atoms with Crippen LogP contribution in [0.2, 0.25) is 10.0 Å². The molecule has 1 saturated heterocycles. The largest absolute Gasteiger partial charge is 0.480 e. The number of morpholine rings is 1. The highest BCUT2D eigenvalue weighted by molar-refractivity contribution is 6.35. The highest BCUT2D eigenvalue weighted by Gasteiger charge is 2.31. The Morgan fingerprint density at radius 2 is 2.14 bits per heavy atom. The van der Waals surface area contributed by atoms with E-state index in [1.807, 2.05) is 0 Å². The third-order valence-corrected chi connectivity index (χ3v) is 3.63. The van der Waals surface area contributed by atoms with Gasteiger partial charge in [0.2, 0.25) is 5.91 Å². The molecule has 1 atom stereocenters. The van der Waals surface area contributed by atoms with Crippen molar-refractivity contribution in [2.24, 2.45) is 0 Å². The summed E-state index contributed by atoms with van der Waals surface area (Å²) in [6.07, 6.45) is 2.84. The Morgan fingerprint density at radius 3 is 2.81 bits per heavy atom. The van der Waals surface area contributed by atoms with Crippen LogP contribution in [0.25, 0.3) is 6.08 Å². The number of amides is 1. The smallest absolute Gasteiger partial charge is 0.328 e. The fourth-order valence-electron chi connectivity index (χ4n) is 1.97. The third-order valence-electron chi connectivity index (χ3n) is 3.06. The van der Waals surface area contributed by atoms with Crippen molar-refractivity contribution in [2.75, 3.05) is 19.8 Å². The number of carboxylic acids is 1. The van der Waals surface area contributed by atoms with Gasteiger partial charge in [-0.1, -0.05) is 29.3 Å². The van der Waals surface area contributed by atoms with Crippen molar-refractivity contribution < 1.29 is 19.4 Å². The maximum Gasteiger partial charge on any atom is 0.328 e. The molecule has 112 valence electrons. The minimum Gasteiger partial charge on any atom is -0.480 e. The van der Waals surface area contributed by atoms with E-state index in [1.165, 1.54) is 17.1 Å². The predicted molar refractivity (Wildman–Crippen MR) is 79.5 cm³/mol. The summed E-state index contributed by atoms with van der Waals surface area (Å²) < 4.78 is 5.08. The Kier molecular flexibility index (Phi) is 5.22. The van der Waals surface area contributed by atoms with Gasteiger partial charge in [-0.15, -0.1) is 0 Å². The minimum atomic E-state index is -1.08. The van der Waals surface area contributed by atoms with Crippen molar-refractivity contribution in [3.8, 4) is 0 Å². The normalized spacial score (nSPS) is 19.0. The van der Waals surface area contributed by atoms with Crippen molar-refractivity contribution >= 4 is 41.2 Å². The summed E-state index contributed by atoms with van der Waals surface area (Å²) >= 11 is 11.8. The Bertz CT molecular complexity index is 588. The molecule has 1 aliphatic heterocycles. The van der Waals surface area contributed by atoms with Crippen LogP contribution in [0.3, 0.4) is 0 Å². The Labute approximate surface area is 131 Å². The molecule has 0 saturated carbocycles. The summed E-state index contributed by atoms with van der Waals surface area (Å²) in [5, 5.41) is 10.0. The maximum atomic E-state index is 12.1. The van der Waals surface area contributed by atoms with E-state index < -0.39 is 17.9 Å². The highest BCUT2D eigenvalue weighted by Crippen LogP contribution is 2.22. The molecule has 1 aromatic carbocycles. The van der Waals surface area contributed by atoms with Gasteiger partial charge in [-0.05, 0) is 23.8 Å². The van der Waals surface area contributed by atoms with E-state index in [0.717, 1.165) is 0 Å². The van der Waals surface area contributed by atoms with Gasteiger partial charge < -0.3 is 14.7 Å². The highest BCUT2D eigenvalue weighted by atomic mass is 35.5. The summed E-state index contributed by atoms with van der Waals surface area (Å²) in [5.74, 6) is -1.47. The van der Waals surface area contributed by atoms with Crippen LogP contribution in [-0.4, -0.2) is 47.7 Å². The number of carboxylic acid groups (broad SMARTS) is 1. The van der Waals surface area contributed by atoms with Gasteiger partial charge in [-0.2, -0.15) is 0 Å². The second kappa shape index (κ2) is 6.93. The molecule has 2 rings (SSSR count). The summed E-state index contributed by atoms with van der Waals surface area (Å²) in [7, 11) is 0. The van der Waals surface area contributed by atoms with E-state index in [9.17, 15) is 9.59 Å². The molecule has 5 nitrogen and oxygen atoms in total. The van der Waals surface area contributed by atoms with E-state index in [4.69, 9.17) is 33.0 Å². The first-order valence-corrected chi connectivity index (χ1v) is 6.99. The van der Waals surface area contributed by atoms with Gasteiger partial charge in [0.1, 0.15) is 0 Å². The lowest BCUT2D eigenvalue weighted by Crippen LogP contribution is -2.52. The molecular weight excluding hydrogens is 317 g/mol. The van der Waals surface area contributed by atoms with Crippen LogP contribution in [0.1, 0.15) is 5.56 Å². The molecule has 7 heteroatoms. The number of halogens is 2. The van der Waals surface area contributed by atoms with E-state index in [0.29, 0.717) is 22.2 Å². The van der Waals surface area contributed by atoms with Gasteiger partial charge in [0.15, 0.2) is 6.04 Å². The number of benzene rings is 1. The molecule has 0 aliphatic carbocycles. The molecule has 1 aromatic rings. The molecule has 0 radical (unpaired) electrons. The van der Waals surface area contributed by atoms with Crippen molar-refractivity contribution in [2.45, 2.75) is 6.04 Å². The zero-order valence-corrected chi connectivity index (χ0v) is 12.5. The molecule has 1 aliphatic rings. The lowest BCUT2D eigenvalue weighted by atomic mass is 10.2. The van der Waals surface area contributed by atoms with Crippen LogP contribution in [-0.2, 0) is 14.3 Å². The fraction of sp³-hybridized carbons (Fsp3) is 0.286. The van der Waals surface area contributed by atoms with E-state index in [1.54, 1.807) is 18.2 Å². The Hall–Kier alpha value is -1.56. The minimum absolute atomic E-state index is 0.00336. The number of hydrogen-bond donors (Lipinski definition) is 1. The van der Waals surface area contributed by atoms with Gasteiger partial charge >= 0.3 is 5.97 Å². The summed E-state index contributed by atoms with van der Waals surface area (Å²) in [4.78, 5) is 24.5. The predicted octanol–water partition coefficient (Wildman–Crippen LogP) is 2.32. The van der Waals surface area contributed by atoms with Gasteiger partial charge in [0.25, 0.3) is 0 Å². The number of carbonyl (C=O) groups excluding carboxylic acids is 1. The SMILES string of the molecule is O=C(O)C1COCCN1C(=O)C=Cc1ccc(Cl)cc1Cl. The number of carbonyl (C=O) groups is 2. The molecular formula is C14H13Cl2NO4. The molecule has 1 N–H and O–H groups in total. The van der Waals surface area contributed by atoms with Crippen molar-refractivity contribution in [3.05, 3.63) is 39.9 Å². The fourth-order valence-corrected chi connectivity index (χ4v) is 2.44. The van der Waals surface area contributed by atoms with Crippen molar-refractivity contribution in [3.63, 3.8) is 0 Å². The standard InChI is InChI=1S/C14H13Cl2NO4/c15-10-3-1-9(11(16)7-10)2-4-13(18)17-5-6-21-8-12(17)14(19)20/h1-4,7,12H,5-6,8H2,(H,19,20). The second-order valence-electron chi connectivity index (χ2n) is 4.46. The van der Waals surface area contributed by atoms with Crippen LogP contribution in [0, 0.1) is 0 Å². The number of ether oxygens (including phenoxy) is 1. The molecule has 1 unspecified atom stereocenters. The molecule has 21 heavy (non-hydrogen) atoms. The monoisotopic (exact) mass is 329 g/mol. The van der Waals surface area contributed by atoms with Crippen LogP contribution in [0.15, 0.2) is 24.3 Å². The average Bonchev–Trinajstić information content (AvgIpc) is 2.46. The first-order chi connectivity index (χ1) is 9.99. The van der Waals surface area contributed by atoms with Crippen molar-refractivity contribution in [1.82, 2.24) is 4.90 Å². The molecule has 1 fully saturated rings. The zero-order valence-electron chi connectivity index (χ0n) is 11.0. The summed E-state index contributed by atoms with van der Waals surface area (Å²) in [6, 6.07) is 3.95. The Morgan fingerprint density at radius 1 is 1.38 bits per heavy atom.